The summed E-state index contributed by atoms with van der Waals surface area (Å²) in [7, 11) is 0. The standard InChI is InChI=1S/C9H11F3N8S/c10-9(11,12)8-17-16-6-4-19(1-2-20(6)8)3-5-7(14-13)21-18-15-5/h14H,1-4,13H2. The number of nitrogens with two attached hydrogens (primary N) is 1. The van der Waals surface area contributed by atoms with Gasteiger partial charge in [0.2, 0.25) is 5.82 Å². The van der Waals surface area contributed by atoms with Gasteiger partial charge in [-0.1, -0.05) is 4.49 Å². The minimum atomic E-state index is -4.48. The summed E-state index contributed by atoms with van der Waals surface area (Å²) in [5, 5.41) is 11.4. The molecule has 3 heterocycles. The minimum Gasteiger partial charge on any atom is -0.313 e. The smallest absolute Gasteiger partial charge is 0.313 e. The number of anilines is 1. The lowest BCUT2D eigenvalue weighted by Gasteiger charge is -2.27. The van der Waals surface area contributed by atoms with Crippen molar-refractivity contribution < 1.29 is 13.2 Å². The van der Waals surface area contributed by atoms with E-state index >= 15 is 0 Å². The van der Waals surface area contributed by atoms with Crippen molar-refractivity contribution >= 4 is 16.5 Å². The topological polar surface area (TPSA) is 97.8 Å². The zero-order chi connectivity index (χ0) is 15.0. The van der Waals surface area contributed by atoms with Gasteiger partial charge in [0.05, 0.1) is 6.54 Å². The Morgan fingerprint density at radius 2 is 2.05 bits per heavy atom. The van der Waals surface area contributed by atoms with Gasteiger partial charge in [-0.15, -0.1) is 15.3 Å². The second-order valence-corrected chi connectivity index (χ2v) is 5.25. The van der Waals surface area contributed by atoms with E-state index in [1.807, 2.05) is 4.90 Å². The molecule has 114 valence electrons. The lowest BCUT2D eigenvalue weighted by molar-refractivity contribution is -0.148. The van der Waals surface area contributed by atoms with Crippen LogP contribution in [0.5, 0.6) is 0 Å². The molecule has 3 N–H and O–H groups in total. The summed E-state index contributed by atoms with van der Waals surface area (Å²) in [5.74, 6) is 4.68. The van der Waals surface area contributed by atoms with Crippen LogP contribution >= 0.6 is 11.5 Å². The Bertz CT molecular complexity index is 635. The normalized spacial score (nSPS) is 16.0. The summed E-state index contributed by atoms with van der Waals surface area (Å²) in [5.41, 5.74) is 3.15. The highest BCUT2D eigenvalue weighted by Gasteiger charge is 2.39. The van der Waals surface area contributed by atoms with E-state index in [2.05, 4.69) is 25.2 Å². The second-order valence-electron chi connectivity index (χ2n) is 4.49. The molecule has 12 heteroatoms. The Hall–Kier alpha value is -1.79. The molecule has 0 fully saturated rings. The number of nitrogens with one attached hydrogen (secondary N) is 1. The highest BCUT2D eigenvalue weighted by atomic mass is 32.1. The van der Waals surface area contributed by atoms with Gasteiger partial charge in [-0.2, -0.15) is 13.2 Å². The van der Waals surface area contributed by atoms with Gasteiger partial charge in [0, 0.05) is 31.2 Å². The summed E-state index contributed by atoms with van der Waals surface area (Å²) in [6.45, 7) is 1.32. The van der Waals surface area contributed by atoms with E-state index in [0.717, 1.165) is 16.1 Å². The van der Waals surface area contributed by atoms with E-state index in [1.54, 1.807) is 0 Å². The molecule has 2 aromatic rings. The molecule has 0 unspecified atom stereocenters. The minimum absolute atomic E-state index is 0.181. The molecule has 0 amide bonds. The summed E-state index contributed by atoms with van der Waals surface area (Å²) < 4.78 is 43.1. The van der Waals surface area contributed by atoms with Crippen LogP contribution < -0.4 is 11.3 Å². The van der Waals surface area contributed by atoms with Crippen molar-refractivity contribution in [2.75, 3.05) is 12.0 Å². The van der Waals surface area contributed by atoms with E-state index < -0.39 is 12.0 Å². The van der Waals surface area contributed by atoms with Gasteiger partial charge in [0.25, 0.3) is 0 Å². The van der Waals surface area contributed by atoms with Crippen LogP contribution in [0, 0.1) is 0 Å². The molecule has 8 nitrogen and oxygen atoms in total. The van der Waals surface area contributed by atoms with Crippen molar-refractivity contribution in [3.8, 4) is 0 Å². The van der Waals surface area contributed by atoms with Crippen LogP contribution in [-0.4, -0.2) is 35.8 Å². The van der Waals surface area contributed by atoms with Crippen LogP contribution in [0.4, 0.5) is 18.2 Å². The monoisotopic (exact) mass is 320 g/mol. The first-order valence-corrected chi connectivity index (χ1v) is 6.76. The Labute approximate surface area is 120 Å². The molecule has 0 aliphatic carbocycles. The maximum Gasteiger partial charge on any atom is 0.451 e. The molecule has 0 saturated carbocycles. The van der Waals surface area contributed by atoms with E-state index in [1.165, 1.54) is 0 Å². The second kappa shape index (κ2) is 5.20. The lowest BCUT2D eigenvalue weighted by atomic mass is 10.3. The summed E-state index contributed by atoms with van der Waals surface area (Å²) in [6, 6.07) is 0. The largest absolute Gasteiger partial charge is 0.451 e. The Kier molecular flexibility index (Phi) is 3.51. The van der Waals surface area contributed by atoms with E-state index in [-0.39, 0.29) is 13.1 Å². The van der Waals surface area contributed by atoms with Gasteiger partial charge in [-0.05, 0) is 0 Å². The van der Waals surface area contributed by atoms with Crippen LogP contribution in [0.2, 0.25) is 0 Å². The van der Waals surface area contributed by atoms with Gasteiger partial charge < -0.3 is 9.99 Å². The first-order valence-electron chi connectivity index (χ1n) is 5.98. The number of nitrogen functional groups attached to an aromatic ring is 1. The van der Waals surface area contributed by atoms with Crippen LogP contribution in [0.3, 0.4) is 0 Å². The van der Waals surface area contributed by atoms with Crippen LogP contribution in [0.1, 0.15) is 17.3 Å². The summed E-state index contributed by atoms with van der Waals surface area (Å²) in [6.07, 6.45) is -4.48. The third kappa shape index (κ3) is 2.69. The van der Waals surface area contributed by atoms with Gasteiger partial charge in [-0.3, -0.25) is 4.90 Å². The maximum absolute atomic E-state index is 12.7. The third-order valence-corrected chi connectivity index (χ3v) is 3.85. The van der Waals surface area contributed by atoms with E-state index in [9.17, 15) is 13.2 Å². The van der Waals surface area contributed by atoms with Crippen molar-refractivity contribution in [1.29, 1.82) is 0 Å². The van der Waals surface area contributed by atoms with Gasteiger partial charge in [0.15, 0.2) is 0 Å². The van der Waals surface area contributed by atoms with Crippen LogP contribution in [0.25, 0.3) is 0 Å². The zero-order valence-electron chi connectivity index (χ0n) is 10.6. The van der Waals surface area contributed by atoms with E-state index in [0.29, 0.717) is 29.6 Å². The molecule has 0 atom stereocenters. The lowest BCUT2D eigenvalue weighted by Crippen LogP contribution is -2.35. The quantitative estimate of drug-likeness (QED) is 0.626. The first kappa shape index (κ1) is 14.2. The summed E-state index contributed by atoms with van der Waals surface area (Å²) in [4.78, 5) is 1.92. The number of rotatable bonds is 3. The Morgan fingerprint density at radius 1 is 1.24 bits per heavy atom. The molecule has 21 heavy (non-hydrogen) atoms. The highest BCUT2D eigenvalue weighted by Crippen LogP contribution is 2.29. The zero-order valence-corrected chi connectivity index (χ0v) is 11.4. The fraction of sp³-hybridized carbons (Fsp3) is 0.556. The number of nitrogens with zero attached hydrogens (tertiary/aromatic N) is 6. The van der Waals surface area contributed by atoms with Gasteiger partial charge in [-0.25, -0.2) is 5.84 Å². The van der Waals surface area contributed by atoms with Crippen molar-refractivity contribution in [3.63, 3.8) is 0 Å². The number of fused-ring (bicyclic) bond motifs is 1. The average Bonchev–Trinajstić information content (AvgIpc) is 3.03. The van der Waals surface area contributed by atoms with Gasteiger partial charge >= 0.3 is 6.18 Å². The van der Waals surface area contributed by atoms with Crippen LogP contribution in [0.15, 0.2) is 0 Å². The third-order valence-electron chi connectivity index (χ3n) is 3.15. The molecule has 0 saturated heterocycles. The number of halogens is 3. The number of aromatic nitrogens is 5. The predicted octanol–water partition coefficient (Wildman–Crippen LogP) is 0.450. The number of hydrogen-bond donors (Lipinski definition) is 2. The van der Waals surface area contributed by atoms with Crippen molar-refractivity contribution in [1.82, 2.24) is 29.3 Å². The molecule has 3 rings (SSSR count). The molecule has 1 aliphatic heterocycles. The van der Waals surface area contributed by atoms with Crippen molar-refractivity contribution in [2.24, 2.45) is 5.84 Å². The SMILES string of the molecule is NNc1snnc1CN1CCn2c(nnc2C(F)(F)F)C1. The first-order chi connectivity index (χ1) is 9.99. The van der Waals surface area contributed by atoms with Crippen molar-refractivity contribution in [3.05, 3.63) is 17.3 Å². The molecular weight excluding hydrogens is 309 g/mol. The molecule has 0 spiro atoms. The summed E-state index contributed by atoms with van der Waals surface area (Å²) >= 11 is 1.13. The Morgan fingerprint density at radius 3 is 2.76 bits per heavy atom. The molecule has 0 radical (unpaired) electrons. The van der Waals surface area contributed by atoms with Crippen molar-refractivity contribution in [2.45, 2.75) is 25.8 Å². The average molecular weight is 320 g/mol. The van der Waals surface area contributed by atoms with E-state index in [4.69, 9.17) is 5.84 Å². The molecule has 0 bridgehead atoms. The number of hydrogen-bond acceptors (Lipinski definition) is 8. The molecule has 1 aliphatic rings. The highest BCUT2D eigenvalue weighted by molar-refractivity contribution is 7.10. The number of hydrazine groups is 1. The fourth-order valence-corrected chi connectivity index (χ4v) is 2.67. The van der Waals surface area contributed by atoms with Crippen LogP contribution in [-0.2, 0) is 25.8 Å². The number of alkyl halides is 3. The predicted molar refractivity (Wildman–Crippen MR) is 66.9 cm³/mol. The molecular formula is C9H11F3N8S. The molecule has 0 aromatic carbocycles. The maximum atomic E-state index is 12.7. The molecule has 2 aromatic heterocycles. The Balaban J connectivity index is 1.75. The van der Waals surface area contributed by atoms with Gasteiger partial charge in [0.1, 0.15) is 16.5 Å². The fourth-order valence-electron chi connectivity index (χ4n) is 2.19.